The maximum absolute atomic E-state index is 16.7. The summed E-state index contributed by atoms with van der Waals surface area (Å²) in [6, 6.07) is 3.83. The van der Waals surface area contributed by atoms with Gasteiger partial charge in [-0.15, -0.1) is 0 Å². The summed E-state index contributed by atoms with van der Waals surface area (Å²) in [6.45, 7) is 0.551. The number of aromatic hydroxyl groups is 1. The predicted octanol–water partition coefficient (Wildman–Crippen LogP) is 8.00. The van der Waals surface area contributed by atoms with Crippen LogP contribution in [0.1, 0.15) is 148 Å². The lowest BCUT2D eigenvalue weighted by molar-refractivity contribution is -0.132. The van der Waals surface area contributed by atoms with Crippen molar-refractivity contribution in [1.29, 1.82) is 0 Å². The molecule has 11 atom stereocenters. The first-order valence-electron chi connectivity index (χ1n) is 29.2. The highest BCUT2D eigenvalue weighted by Gasteiger charge is 2.55. The van der Waals surface area contributed by atoms with Gasteiger partial charge in [0.15, 0.2) is 35.0 Å². The number of anilines is 2. The van der Waals surface area contributed by atoms with Crippen molar-refractivity contribution in [2.45, 2.75) is 190 Å². The molecule has 0 saturated carbocycles. The number of benzene rings is 1. The van der Waals surface area contributed by atoms with Crippen LogP contribution in [0.2, 0.25) is 0 Å². The number of nitrogens with two attached hydrogens (primary N) is 2. The molecule has 3 fully saturated rings. The number of ether oxygens (including phenoxy) is 2. The average molecular weight is 1250 g/mol. The number of nitrogens with zero attached hydrogens (tertiary/aromatic N) is 8. The normalized spacial score (nSPS) is 25.0. The first-order valence-corrected chi connectivity index (χ1v) is 33.9. The summed E-state index contributed by atoms with van der Waals surface area (Å²) < 4.78 is 78.7. The van der Waals surface area contributed by atoms with E-state index in [4.69, 9.17) is 34.5 Å². The molecule has 3 aliphatic rings. The van der Waals surface area contributed by atoms with Crippen LogP contribution in [0.3, 0.4) is 0 Å². The Morgan fingerprint density at radius 1 is 0.788 bits per heavy atom. The van der Waals surface area contributed by atoms with Crippen molar-refractivity contribution in [3.8, 4) is 5.88 Å². The van der Waals surface area contributed by atoms with E-state index in [0.717, 1.165) is 43.3 Å². The van der Waals surface area contributed by atoms with Crippen molar-refractivity contribution < 1.29 is 65.7 Å². The zero-order valence-corrected chi connectivity index (χ0v) is 50.6. The SMILES string of the molecule is CCCCCCCCCCCCCCCC(=O)N[C@H](C(=O)N[C@@H](CCCNC(N)=O)C(=O)Nc1ccc(CSP2(=O)OC[C@H]3O[C@@H](n4cnc5c(N)ncnc54)[C@H](F)[C@@H]3OP(=O)(O)OC[C@H]3O[C@@H](n4cnc5c(O)ncnc54)C[C@@H]32)cc1)C(C)C. The summed E-state index contributed by atoms with van der Waals surface area (Å²) in [4.78, 5) is 88.2. The molecular formula is C54H79FN14O13P2S. The van der Waals surface area contributed by atoms with E-state index in [0.29, 0.717) is 17.7 Å². The van der Waals surface area contributed by atoms with Gasteiger partial charge in [0, 0.05) is 30.8 Å². The molecule has 5 amide bonds. The van der Waals surface area contributed by atoms with Gasteiger partial charge in [-0.05, 0) is 42.9 Å². The number of carbonyl (C=O) groups is 4. The van der Waals surface area contributed by atoms with Crippen molar-refractivity contribution in [3.63, 3.8) is 0 Å². The molecule has 0 bridgehead atoms. The molecular weight excluding hydrogens is 1170 g/mol. The number of nitrogens with one attached hydrogen (secondary N) is 4. The van der Waals surface area contributed by atoms with Crippen molar-refractivity contribution >= 4 is 83.4 Å². The minimum atomic E-state index is -5.12. The Bertz CT molecular complexity index is 3150. The molecule has 5 aromatic rings. The molecule has 7 heterocycles. The molecule has 0 aliphatic carbocycles. The van der Waals surface area contributed by atoms with Gasteiger partial charge in [0.2, 0.25) is 23.6 Å². The van der Waals surface area contributed by atoms with Crippen molar-refractivity contribution in [1.82, 2.24) is 55.0 Å². The quantitative estimate of drug-likeness (QED) is 0.0166. The Morgan fingerprint density at radius 2 is 1.42 bits per heavy atom. The summed E-state index contributed by atoms with van der Waals surface area (Å²) in [5, 5.41) is 21.5. The second-order valence-electron chi connectivity index (χ2n) is 22.0. The van der Waals surface area contributed by atoms with Gasteiger partial charge in [0.1, 0.15) is 48.7 Å². The third-order valence-corrected chi connectivity index (χ3v) is 21.5. The smallest absolute Gasteiger partial charge is 0.472 e. The highest BCUT2D eigenvalue weighted by molar-refractivity contribution is 8.56. The molecule has 466 valence electrons. The second-order valence-corrected chi connectivity index (χ2v) is 28.2. The second kappa shape index (κ2) is 30.6. The van der Waals surface area contributed by atoms with E-state index in [1.807, 2.05) is 0 Å². The number of phosphoric ester groups is 1. The van der Waals surface area contributed by atoms with Gasteiger partial charge in [-0.25, -0.2) is 38.7 Å². The van der Waals surface area contributed by atoms with Crippen LogP contribution in [0, 0.1) is 5.92 Å². The van der Waals surface area contributed by atoms with Crippen LogP contribution in [0.4, 0.5) is 20.7 Å². The fourth-order valence-corrected chi connectivity index (χ4v) is 16.5. The number of phosphoric acid groups is 1. The lowest BCUT2D eigenvalue weighted by Crippen LogP contribution is -2.54. The van der Waals surface area contributed by atoms with Crippen LogP contribution in [-0.4, -0.2) is 135 Å². The van der Waals surface area contributed by atoms with Gasteiger partial charge in [-0.1, -0.05) is 121 Å². The Labute approximate surface area is 496 Å². The Balaban J connectivity index is 0.924. The maximum Gasteiger partial charge on any atom is 0.472 e. The zero-order chi connectivity index (χ0) is 60.7. The van der Waals surface area contributed by atoms with Crippen LogP contribution >= 0.6 is 25.8 Å². The van der Waals surface area contributed by atoms with E-state index in [1.165, 1.54) is 79.6 Å². The van der Waals surface area contributed by atoms with Crippen molar-refractivity contribution in [3.05, 3.63) is 55.1 Å². The summed E-state index contributed by atoms with van der Waals surface area (Å²) >= 11 is 0.918. The van der Waals surface area contributed by atoms with Gasteiger partial charge in [-0.3, -0.25) is 37.1 Å². The number of fused-ring (bicyclic) bond motifs is 4. The number of alkyl halides is 1. The van der Waals surface area contributed by atoms with Crippen LogP contribution in [0.25, 0.3) is 22.3 Å². The average Bonchev–Trinajstić information content (AvgIpc) is 3.98. The number of imidazole rings is 2. The van der Waals surface area contributed by atoms with Gasteiger partial charge >= 0.3 is 13.9 Å². The fraction of sp³-hybridized carbons (Fsp3) is 0.630. The number of halogens is 1. The zero-order valence-electron chi connectivity index (χ0n) is 48.0. The summed E-state index contributed by atoms with van der Waals surface area (Å²) in [6.07, 6.45) is 11.6. The standard InChI is InChI=1S/C54H79FN14O13P2S/c1-4-5-6-7-8-9-10-11-12-13-14-15-16-19-40(70)67-43(33(2)3)52(73)66-36(18-17-24-58-54(57)74)50(71)65-35-22-20-34(21-23-35)28-85-83(75)39-25-41(68-31-64-45-49(68)61-30-62-51(45)72)80-37(39)26-79-84(76,77)82-46-38(27-78-83)81-53(42(46)55)69-32-63-44-47(56)59-29-60-48(44)69/h20-23,29-33,36-39,41-43,46,53H,4-19,24-28H2,1-3H3,(H,65,71)(H,66,73)(H,67,70)(H,76,77)(H2,56,59,60)(H3,57,58,74)(H,61,62,72)/t36-,37+,38+,39-,41+,42+,43-,46+,53+,83?/m0/s1. The highest BCUT2D eigenvalue weighted by Crippen LogP contribution is 2.69. The van der Waals surface area contributed by atoms with Crippen LogP contribution in [0.15, 0.2) is 49.6 Å². The molecule has 10 N–H and O–H groups in total. The third-order valence-electron chi connectivity index (χ3n) is 15.3. The number of rotatable bonds is 29. The topological polar surface area (TPSA) is 376 Å². The Hall–Kier alpha value is -5.90. The fourth-order valence-electron chi connectivity index (χ4n) is 10.6. The van der Waals surface area contributed by atoms with Gasteiger partial charge < -0.3 is 56.7 Å². The lowest BCUT2D eigenvalue weighted by Gasteiger charge is -2.27. The van der Waals surface area contributed by atoms with E-state index < -0.39 is 106 Å². The van der Waals surface area contributed by atoms with E-state index in [1.54, 1.807) is 38.1 Å². The van der Waals surface area contributed by atoms with Crippen molar-refractivity contribution in [2.75, 3.05) is 30.8 Å². The monoisotopic (exact) mass is 1240 g/mol. The molecule has 0 radical (unpaired) electrons. The maximum atomic E-state index is 16.7. The summed E-state index contributed by atoms with van der Waals surface area (Å²) in [7, 11) is -5.12. The number of unbranched alkanes of at least 4 members (excludes halogenated alkanes) is 12. The van der Waals surface area contributed by atoms with Crippen LogP contribution in [0.5, 0.6) is 5.88 Å². The highest BCUT2D eigenvalue weighted by atomic mass is 32.7. The van der Waals surface area contributed by atoms with Gasteiger partial charge in [0.25, 0.3) is 6.57 Å². The van der Waals surface area contributed by atoms with Gasteiger partial charge in [-0.2, -0.15) is 4.98 Å². The number of amides is 5. The van der Waals surface area contributed by atoms with Crippen molar-refractivity contribution in [2.24, 2.45) is 11.7 Å². The van der Waals surface area contributed by atoms with Crippen LogP contribution in [-0.2, 0) is 52.3 Å². The number of primary amides is 1. The largest absolute Gasteiger partial charge is 0.492 e. The molecule has 85 heavy (non-hydrogen) atoms. The molecule has 8 rings (SSSR count). The first-order chi connectivity index (χ1) is 40.8. The molecule has 27 nitrogen and oxygen atoms in total. The van der Waals surface area contributed by atoms with Gasteiger partial charge in [0.05, 0.1) is 37.6 Å². The Morgan fingerprint density at radius 3 is 2.11 bits per heavy atom. The number of aromatic nitrogens is 8. The molecule has 0 spiro atoms. The lowest BCUT2D eigenvalue weighted by atomic mass is 10.0. The summed E-state index contributed by atoms with van der Waals surface area (Å²) in [5.41, 5.74) is 11.7. The molecule has 4 aromatic heterocycles. The van der Waals surface area contributed by atoms with E-state index >= 15 is 8.96 Å². The van der Waals surface area contributed by atoms with Crippen LogP contribution < -0.4 is 32.7 Å². The first kappa shape index (κ1) is 65.1. The minimum absolute atomic E-state index is 0.0170. The van der Waals surface area contributed by atoms with E-state index in [-0.39, 0.29) is 78.0 Å². The number of urea groups is 1. The molecule has 3 aliphatic heterocycles. The Kier molecular flexibility index (Phi) is 23.5. The minimum Gasteiger partial charge on any atom is -0.492 e. The molecule has 31 heteroatoms. The molecule has 1 aromatic carbocycles. The predicted molar refractivity (Wildman–Crippen MR) is 314 cm³/mol. The number of hydrogen-bond acceptors (Lipinski definition) is 20. The summed E-state index contributed by atoms with van der Waals surface area (Å²) in [5.74, 6) is -2.01. The van der Waals surface area contributed by atoms with E-state index in [2.05, 4.69) is 58.1 Å². The molecule has 3 saturated heterocycles. The molecule has 2 unspecified atom stereocenters. The number of hydrogen-bond donors (Lipinski definition) is 8. The number of nitrogen functional groups attached to an aromatic ring is 1. The third kappa shape index (κ3) is 17.4. The van der Waals surface area contributed by atoms with E-state index in [9.17, 15) is 33.7 Å². The number of carbonyl (C=O) groups excluding carboxylic acids is 4.